The Balaban J connectivity index is 0. The number of hydrogen-bond acceptors (Lipinski definition) is 10. The molecule has 0 heterocycles. The first-order valence-electron chi connectivity index (χ1n) is 8.81. The maximum Gasteiger partial charge on any atom is 0.340 e. The molecule has 0 fully saturated rings. The van der Waals surface area contributed by atoms with Gasteiger partial charge in [0, 0.05) is 44.9 Å². The molecule has 4 N–H and O–H groups in total. The Bertz CT molecular complexity index is 1090. The van der Waals surface area contributed by atoms with Crippen LogP contribution in [0.25, 0.3) is 0 Å². The number of esters is 2. The molecule has 0 atom stereocenters. The van der Waals surface area contributed by atoms with E-state index in [2.05, 4.69) is 30.8 Å². The van der Waals surface area contributed by atoms with E-state index < -0.39 is 24.5 Å². The fraction of sp³-hybridized carbons (Fsp3) is 0.263. The first-order valence-corrected chi connectivity index (χ1v) is 13.6. The lowest BCUT2D eigenvalue weighted by Crippen LogP contribution is -2.05. The number of ether oxygens (including phenoxy) is 4. The summed E-state index contributed by atoms with van der Waals surface area (Å²) in [4.78, 5) is 22.3. The third-order valence-corrected chi connectivity index (χ3v) is 3.69. The summed E-state index contributed by atoms with van der Waals surface area (Å²) >= 11 is 20.2. The van der Waals surface area contributed by atoms with Crippen LogP contribution >= 0.6 is 67.8 Å². The van der Waals surface area contributed by atoms with Gasteiger partial charge in [-0.15, -0.1) is 0 Å². The zero-order valence-electron chi connectivity index (χ0n) is 19.1. The Morgan fingerprint density at radius 3 is 1.58 bits per heavy atom. The highest BCUT2D eigenvalue weighted by Crippen LogP contribution is 2.29. The number of anilines is 2. The first-order chi connectivity index (χ1) is 16.5. The number of nitrogen functional groups attached to an aromatic ring is 2. The quantitative estimate of drug-likeness (QED) is 0.188. The smallest absolute Gasteiger partial charge is 0.340 e. The van der Waals surface area contributed by atoms with E-state index in [0.29, 0.717) is 27.8 Å². The highest BCUT2D eigenvalue weighted by Gasteiger charge is 2.13. The summed E-state index contributed by atoms with van der Waals surface area (Å²) in [6.07, 6.45) is 0. The van der Waals surface area contributed by atoms with Crippen molar-refractivity contribution in [2.75, 3.05) is 39.9 Å². The lowest BCUT2D eigenvalue weighted by Gasteiger charge is -2.07. The summed E-state index contributed by atoms with van der Waals surface area (Å²) in [6.45, 7) is 0. The van der Waals surface area contributed by atoms with Crippen molar-refractivity contribution in [1.82, 2.24) is 0 Å². The van der Waals surface area contributed by atoms with E-state index in [-0.39, 0.29) is 11.3 Å². The zero-order valence-corrected chi connectivity index (χ0v) is 24.4. The minimum atomic E-state index is -3.72. The second-order valence-corrected chi connectivity index (χ2v) is 11.7. The number of alkyl halides is 3. The van der Waals surface area contributed by atoms with Crippen LogP contribution in [0.5, 0.6) is 11.5 Å². The molecule has 0 aliphatic heterocycles. The lowest BCUT2D eigenvalue weighted by molar-refractivity contribution is 0.0593. The summed E-state index contributed by atoms with van der Waals surface area (Å²) in [7, 11) is 10.4. The summed E-state index contributed by atoms with van der Waals surface area (Å²) in [5, 5.41) is 0.321. The summed E-state index contributed by atoms with van der Waals surface area (Å²) in [5.74, 6) is 0.0779. The molecule has 0 spiro atoms. The topological polar surface area (TPSA) is 157 Å². The van der Waals surface area contributed by atoms with Gasteiger partial charge in [0.25, 0.3) is 0 Å². The zero-order chi connectivity index (χ0) is 28.6. The number of hydrogen-bond donors (Lipinski definition) is 2. The minimum Gasteiger partial charge on any atom is -0.497 e. The van der Waals surface area contributed by atoms with Gasteiger partial charge in [0.15, 0.2) is 4.30 Å². The van der Waals surface area contributed by atoms with Gasteiger partial charge < -0.3 is 30.4 Å². The van der Waals surface area contributed by atoms with E-state index in [1.807, 2.05) is 0 Å². The average Bonchev–Trinajstić information content (AvgIpc) is 2.78. The van der Waals surface area contributed by atoms with E-state index in [9.17, 15) is 9.59 Å². The molecular formula is C19H22Cl6N2O8S. The van der Waals surface area contributed by atoms with Gasteiger partial charge in [-0.2, -0.15) is 8.42 Å². The molecule has 0 aliphatic carbocycles. The SMILES string of the molecule is COC(=O)c1cc(Cl)c(OC)cc1N.COC(=O)c1ccc(OC)cc1N.ClC(Cl)Cl.O=S(=O)(Cl)Cl. The molecule has 0 aliphatic rings. The highest BCUT2D eigenvalue weighted by molar-refractivity contribution is 8.31. The number of carbonyl (C=O) groups is 2. The van der Waals surface area contributed by atoms with Crippen molar-refractivity contribution in [2.45, 2.75) is 4.30 Å². The molecule has 36 heavy (non-hydrogen) atoms. The number of carbonyl (C=O) groups excluding carboxylic acids is 2. The number of methoxy groups -OCH3 is 4. The van der Waals surface area contributed by atoms with Crippen LogP contribution in [0.3, 0.4) is 0 Å². The van der Waals surface area contributed by atoms with Gasteiger partial charge in [-0.3, -0.25) is 0 Å². The molecule has 0 saturated carbocycles. The second kappa shape index (κ2) is 18.5. The van der Waals surface area contributed by atoms with Gasteiger partial charge in [-0.25, -0.2) is 9.59 Å². The Kier molecular flexibility index (Phi) is 18.7. The maximum atomic E-state index is 11.2. The molecule has 0 radical (unpaired) electrons. The van der Waals surface area contributed by atoms with Crippen molar-refractivity contribution in [3.63, 3.8) is 0 Å². The number of rotatable bonds is 4. The highest BCUT2D eigenvalue weighted by atomic mass is 36.0. The molecule has 2 aromatic rings. The Morgan fingerprint density at radius 2 is 1.22 bits per heavy atom. The van der Waals surface area contributed by atoms with Crippen LogP contribution < -0.4 is 20.9 Å². The predicted octanol–water partition coefficient (Wildman–Crippen LogP) is 5.48. The molecule has 0 bridgehead atoms. The largest absolute Gasteiger partial charge is 0.497 e. The first kappa shape index (κ1) is 36.4. The van der Waals surface area contributed by atoms with Crippen molar-refractivity contribution in [2.24, 2.45) is 0 Å². The summed E-state index contributed by atoms with van der Waals surface area (Å²) in [5.41, 5.74) is 12.4. The molecule has 0 saturated heterocycles. The average molecular weight is 651 g/mol. The van der Waals surface area contributed by atoms with Crippen LogP contribution in [0.4, 0.5) is 11.4 Å². The maximum absolute atomic E-state index is 11.2. The van der Waals surface area contributed by atoms with Crippen LogP contribution in [0.15, 0.2) is 30.3 Å². The standard InChI is InChI=1S/C9H10ClNO3.C9H11NO3.CHCl3.Cl2O2S/c1-13-8-4-7(11)5(3-6(8)10)9(12)14-2;1-12-6-3-4-7(8(10)5-6)9(11)13-2;2-1(3)4;1-5(2,3)4/h3-4H,11H2,1-2H3;3-5H,10H2,1-2H3;1H;. The summed E-state index contributed by atoms with van der Waals surface area (Å²) in [6, 6.07) is 7.70. The molecule has 0 amide bonds. The van der Waals surface area contributed by atoms with E-state index in [1.165, 1.54) is 40.6 Å². The van der Waals surface area contributed by atoms with Gasteiger partial charge in [-0.05, 0) is 18.2 Å². The van der Waals surface area contributed by atoms with Crippen LogP contribution in [0.1, 0.15) is 20.7 Å². The van der Waals surface area contributed by atoms with Crippen LogP contribution in [-0.4, -0.2) is 53.1 Å². The summed E-state index contributed by atoms with van der Waals surface area (Å²) < 4.78 is 36.5. The lowest BCUT2D eigenvalue weighted by atomic mass is 10.2. The number of halogens is 6. The normalized spacial score (nSPS) is 9.75. The fourth-order valence-electron chi connectivity index (χ4n) is 1.98. The fourth-order valence-corrected chi connectivity index (χ4v) is 2.22. The van der Waals surface area contributed by atoms with Gasteiger partial charge in [0.1, 0.15) is 11.5 Å². The van der Waals surface area contributed by atoms with E-state index >= 15 is 0 Å². The van der Waals surface area contributed by atoms with Crippen LogP contribution in [0, 0.1) is 0 Å². The van der Waals surface area contributed by atoms with Crippen molar-refractivity contribution in [1.29, 1.82) is 0 Å². The van der Waals surface area contributed by atoms with Gasteiger partial charge in [-0.1, -0.05) is 46.4 Å². The van der Waals surface area contributed by atoms with Gasteiger partial charge in [0.2, 0.25) is 0 Å². The van der Waals surface area contributed by atoms with E-state index in [1.54, 1.807) is 18.2 Å². The Morgan fingerprint density at radius 1 is 0.806 bits per heavy atom. The third kappa shape index (κ3) is 16.9. The second-order valence-electron chi connectivity index (χ2n) is 5.64. The van der Waals surface area contributed by atoms with E-state index in [4.69, 9.17) is 75.8 Å². The van der Waals surface area contributed by atoms with Crippen LogP contribution in [-0.2, 0) is 17.7 Å². The Hall–Kier alpha value is -1.73. The molecule has 2 aromatic carbocycles. The molecule has 2 rings (SSSR count). The van der Waals surface area contributed by atoms with Gasteiger partial charge >= 0.3 is 20.2 Å². The molecule has 204 valence electrons. The predicted molar refractivity (Wildman–Crippen MR) is 144 cm³/mol. The van der Waals surface area contributed by atoms with Crippen LogP contribution in [0.2, 0.25) is 5.02 Å². The van der Waals surface area contributed by atoms with Crippen molar-refractivity contribution >= 4 is 99.3 Å². The minimum absolute atomic E-state index is 0.235. The molecule has 17 heteroatoms. The molecule has 0 unspecified atom stereocenters. The molecule has 10 nitrogen and oxygen atoms in total. The van der Waals surface area contributed by atoms with Crippen molar-refractivity contribution in [3.05, 3.63) is 46.5 Å². The third-order valence-electron chi connectivity index (χ3n) is 3.39. The number of nitrogens with two attached hydrogens (primary N) is 2. The van der Waals surface area contributed by atoms with Crippen molar-refractivity contribution in [3.8, 4) is 11.5 Å². The molecule has 0 aromatic heterocycles. The van der Waals surface area contributed by atoms with Crippen molar-refractivity contribution < 1.29 is 37.0 Å². The van der Waals surface area contributed by atoms with Gasteiger partial charge in [0.05, 0.1) is 44.6 Å². The molecular weight excluding hydrogens is 629 g/mol. The number of benzene rings is 2. The van der Waals surface area contributed by atoms with E-state index in [0.717, 1.165) is 0 Å². The Labute approximate surface area is 237 Å². The monoisotopic (exact) mass is 648 g/mol.